The first-order valence-electron chi connectivity index (χ1n) is 3.19. The molecule has 0 aliphatic carbocycles. The van der Waals surface area contributed by atoms with Crippen LogP contribution in [0.3, 0.4) is 0 Å². The monoisotopic (exact) mass is 187 g/mol. The number of rotatable bonds is 4. The fraction of sp³-hybridized carbons (Fsp3) is 0.167. The second-order valence-corrected chi connectivity index (χ2v) is 2.07. The van der Waals surface area contributed by atoms with Crippen LogP contribution in [-0.2, 0) is 11.4 Å². The van der Waals surface area contributed by atoms with Gasteiger partial charge in [0.15, 0.2) is 6.61 Å². The number of furan rings is 1. The molecule has 0 aliphatic rings. The molecule has 0 radical (unpaired) electrons. The number of hydrogen-bond acceptors (Lipinski definition) is 5. The Morgan fingerprint density at radius 1 is 1.69 bits per heavy atom. The Labute approximate surface area is 71.6 Å². The Hall–Kier alpha value is -2.05. The molecule has 0 aliphatic heterocycles. The molecule has 0 saturated heterocycles. The molecule has 0 bridgehead atoms. The lowest BCUT2D eigenvalue weighted by Gasteiger charge is -1.92. The molecule has 0 atom stereocenters. The van der Waals surface area contributed by atoms with Crippen molar-refractivity contribution in [3.05, 3.63) is 33.8 Å². The van der Waals surface area contributed by atoms with Gasteiger partial charge in [0.1, 0.15) is 5.76 Å². The highest BCUT2D eigenvalue weighted by Crippen LogP contribution is 2.08. The van der Waals surface area contributed by atoms with Crippen LogP contribution in [0.2, 0.25) is 0 Å². The van der Waals surface area contributed by atoms with Crippen LogP contribution >= 0.6 is 0 Å². The van der Waals surface area contributed by atoms with Crippen LogP contribution in [0.15, 0.2) is 16.5 Å². The topological polar surface area (TPSA) is 103 Å². The summed E-state index contributed by atoms with van der Waals surface area (Å²) in [6, 6.07) is 2.49. The number of carboxylic acids is 1. The van der Waals surface area contributed by atoms with Gasteiger partial charge in [-0.15, -0.1) is 10.1 Å². The Morgan fingerprint density at radius 3 is 2.85 bits per heavy atom. The zero-order valence-electron chi connectivity index (χ0n) is 6.30. The van der Waals surface area contributed by atoms with E-state index in [1.165, 1.54) is 12.1 Å². The minimum atomic E-state index is -1.23. The first-order chi connectivity index (χ1) is 6.09. The molecule has 0 fully saturated rings. The third-order valence-corrected chi connectivity index (χ3v) is 1.18. The fourth-order valence-electron chi connectivity index (χ4n) is 0.687. The summed E-state index contributed by atoms with van der Waals surface area (Å²) < 4.78 is 4.67. The summed E-state index contributed by atoms with van der Waals surface area (Å²) in [7, 11) is 0. The average Bonchev–Trinajstić information content (AvgIpc) is 2.48. The van der Waals surface area contributed by atoms with Gasteiger partial charge in [0.25, 0.3) is 5.09 Å². The Bertz CT molecular complexity index is 330. The number of carboxylic acid groups (broad SMARTS) is 1. The van der Waals surface area contributed by atoms with Crippen molar-refractivity contribution in [3.8, 4) is 0 Å². The Balaban J connectivity index is 2.59. The predicted octanol–water partition coefficient (Wildman–Crippen LogP) is 0.686. The number of hydrogen-bond donors (Lipinski definition) is 1. The molecule has 1 heterocycles. The molecule has 0 aromatic carbocycles. The van der Waals surface area contributed by atoms with Gasteiger partial charge in [0.2, 0.25) is 5.76 Å². The minimum absolute atomic E-state index is 0.0918. The van der Waals surface area contributed by atoms with Crippen molar-refractivity contribution in [3.63, 3.8) is 0 Å². The maximum absolute atomic E-state index is 10.3. The van der Waals surface area contributed by atoms with E-state index >= 15 is 0 Å². The summed E-state index contributed by atoms with van der Waals surface area (Å²) in [5.74, 6) is -1.41. The second kappa shape index (κ2) is 3.57. The molecule has 0 amide bonds. The molecule has 0 spiro atoms. The molecule has 0 saturated carbocycles. The van der Waals surface area contributed by atoms with Gasteiger partial charge >= 0.3 is 5.97 Å². The van der Waals surface area contributed by atoms with Crippen molar-refractivity contribution in [2.24, 2.45) is 0 Å². The summed E-state index contributed by atoms with van der Waals surface area (Å²) in [6.45, 7) is -0.389. The van der Waals surface area contributed by atoms with Gasteiger partial charge < -0.3 is 14.4 Å². The molecule has 13 heavy (non-hydrogen) atoms. The molecular formula is C6H5NO6. The maximum Gasteiger partial charge on any atom is 0.371 e. The van der Waals surface area contributed by atoms with E-state index < -0.39 is 11.1 Å². The molecule has 7 nitrogen and oxygen atoms in total. The zero-order chi connectivity index (χ0) is 9.84. The van der Waals surface area contributed by atoms with E-state index in [1.54, 1.807) is 0 Å². The predicted molar refractivity (Wildman–Crippen MR) is 37.5 cm³/mol. The van der Waals surface area contributed by atoms with Crippen LogP contribution in [0.25, 0.3) is 0 Å². The van der Waals surface area contributed by atoms with Gasteiger partial charge in [0.05, 0.1) is 0 Å². The molecule has 1 aromatic rings. The van der Waals surface area contributed by atoms with E-state index in [9.17, 15) is 14.9 Å². The summed E-state index contributed by atoms with van der Waals surface area (Å²) in [5, 5.41) is 17.2. The third kappa shape index (κ3) is 2.47. The Kier molecular flexibility index (Phi) is 2.48. The van der Waals surface area contributed by atoms with E-state index in [0.29, 0.717) is 0 Å². The summed E-state index contributed by atoms with van der Waals surface area (Å²) in [6.07, 6.45) is 0. The van der Waals surface area contributed by atoms with Gasteiger partial charge in [-0.25, -0.2) is 4.79 Å². The van der Waals surface area contributed by atoms with Gasteiger partial charge in [0, 0.05) is 0 Å². The van der Waals surface area contributed by atoms with Crippen molar-refractivity contribution < 1.29 is 24.2 Å². The van der Waals surface area contributed by atoms with Crippen LogP contribution in [0.1, 0.15) is 16.3 Å². The first-order valence-corrected chi connectivity index (χ1v) is 3.19. The molecule has 1 rings (SSSR count). The first kappa shape index (κ1) is 9.04. The smallest absolute Gasteiger partial charge is 0.371 e. The fourth-order valence-corrected chi connectivity index (χ4v) is 0.687. The van der Waals surface area contributed by atoms with E-state index in [0.717, 1.165) is 0 Å². The van der Waals surface area contributed by atoms with Gasteiger partial charge in [-0.3, -0.25) is 0 Å². The molecule has 1 N–H and O–H groups in total. The molecule has 1 aromatic heterocycles. The highest BCUT2D eigenvalue weighted by molar-refractivity contribution is 5.84. The maximum atomic E-state index is 10.3. The van der Waals surface area contributed by atoms with E-state index in [4.69, 9.17) is 5.11 Å². The summed E-state index contributed by atoms with van der Waals surface area (Å²) in [4.78, 5) is 24.0. The lowest BCUT2D eigenvalue weighted by atomic mass is 10.4. The number of carbonyl (C=O) groups is 1. The third-order valence-electron chi connectivity index (χ3n) is 1.18. The quantitative estimate of drug-likeness (QED) is 0.549. The zero-order valence-corrected chi connectivity index (χ0v) is 6.30. The van der Waals surface area contributed by atoms with Crippen molar-refractivity contribution in [1.82, 2.24) is 0 Å². The normalized spacial score (nSPS) is 9.54. The van der Waals surface area contributed by atoms with Crippen molar-refractivity contribution in [2.75, 3.05) is 0 Å². The van der Waals surface area contributed by atoms with Crippen molar-refractivity contribution in [1.29, 1.82) is 0 Å². The number of aromatic carboxylic acids is 1. The molecular weight excluding hydrogens is 182 g/mol. The van der Waals surface area contributed by atoms with E-state index in [-0.39, 0.29) is 18.1 Å². The van der Waals surface area contributed by atoms with Crippen molar-refractivity contribution >= 4 is 5.97 Å². The number of nitrogens with zero attached hydrogens (tertiary/aromatic N) is 1. The van der Waals surface area contributed by atoms with Crippen LogP contribution in [0, 0.1) is 10.1 Å². The van der Waals surface area contributed by atoms with E-state index in [1.807, 2.05) is 0 Å². The van der Waals surface area contributed by atoms with Crippen LogP contribution in [-0.4, -0.2) is 16.2 Å². The highest BCUT2D eigenvalue weighted by atomic mass is 16.9. The molecule has 0 unspecified atom stereocenters. The van der Waals surface area contributed by atoms with Gasteiger partial charge in [-0.1, -0.05) is 0 Å². The highest BCUT2D eigenvalue weighted by Gasteiger charge is 2.09. The molecule has 70 valence electrons. The van der Waals surface area contributed by atoms with Crippen LogP contribution in [0.4, 0.5) is 0 Å². The van der Waals surface area contributed by atoms with Crippen LogP contribution < -0.4 is 0 Å². The van der Waals surface area contributed by atoms with Crippen LogP contribution in [0.5, 0.6) is 0 Å². The van der Waals surface area contributed by atoms with Gasteiger partial charge in [-0.2, -0.15) is 0 Å². The largest absolute Gasteiger partial charge is 0.475 e. The lowest BCUT2D eigenvalue weighted by Crippen LogP contribution is -1.99. The second-order valence-electron chi connectivity index (χ2n) is 2.07. The molecule has 7 heteroatoms. The average molecular weight is 187 g/mol. The summed E-state index contributed by atoms with van der Waals surface area (Å²) in [5.41, 5.74) is 0. The van der Waals surface area contributed by atoms with Gasteiger partial charge in [-0.05, 0) is 12.1 Å². The standard InChI is InChI=1S/C6H5NO6/c8-6(9)5-2-1-4(13-5)3-12-7(10)11/h1-2H,3H2,(H,8,9). The SMILES string of the molecule is O=C(O)c1ccc(CO[N+](=O)[O-])o1. The summed E-state index contributed by atoms with van der Waals surface area (Å²) >= 11 is 0. The minimum Gasteiger partial charge on any atom is -0.475 e. The van der Waals surface area contributed by atoms with Crippen molar-refractivity contribution in [2.45, 2.75) is 6.61 Å². The Morgan fingerprint density at radius 2 is 2.38 bits per heavy atom. The lowest BCUT2D eigenvalue weighted by molar-refractivity contribution is -0.763. The van der Waals surface area contributed by atoms with E-state index in [2.05, 4.69) is 9.25 Å².